The van der Waals surface area contributed by atoms with Crippen molar-refractivity contribution in [2.75, 3.05) is 26.2 Å². The van der Waals surface area contributed by atoms with Crippen LogP contribution in [0.4, 0.5) is 0 Å². The van der Waals surface area contributed by atoms with Crippen LogP contribution in [0.1, 0.15) is 60.3 Å². The highest BCUT2D eigenvalue weighted by Crippen LogP contribution is 2.38. The Morgan fingerprint density at radius 3 is 2.06 bits per heavy atom. The highest BCUT2D eigenvalue weighted by Gasteiger charge is 2.33. The second kappa shape index (κ2) is 7.49. The van der Waals surface area contributed by atoms with Crippen LogP contribution in [0, 0.1) is 11.3 Å². The quantitative estimate of drug-likeness (QED) is 0.748. The smallest absolute Gasteiger partial charge is 0.0105 e. The summed E-state index contributed by atoms with van der Waals surface area (Å²) in [6, 6.07) is 0.718. The lowest BCUT2D eigenvalue weighted by Crippen LogP contribution is -2.47. The molecule has 0 bridgehead atoms. The van der Waals surface area contributed by atoms with Gasteiger partial charge in [0.1, 0.15) is 0 Å². The van der Waals surface area contributed by atoms with Crippen LogP contribution in [0.2, 0.25) is 0 Å². The molecule has 1 rings (SSSR count). The summed E-state index contributed by atoms with van der Waals surface area (Å²) in [5.74, 6) is 0.751. The Bertz CT molecular complexity index is 213. The molecule has 1 N–H and O–H groups in total. The number of nitrogens with one attached hydrogen (secondary N) is 1. The topological polar surface area (TPSA) is 15.3 Å². The Morgan fingerprint density at radius 2 is 1.61 bits per heavy atom. The minimum atomic E-state index is 0.654. The summed E-state index contributed by atoms with van der Waals surface area (Å²) in [4.78, 5) is 2.71. The molecule has 18 heavy (non-hydrogen) atoms. The first-order valence-corrected chi connectivity index (χ1v) is 8.03. The summed E-state index contributed by atoms with van der Waals surface area (Å²) in [5.41, 5.74) is 0.654. The van der Waals surface area contributed by atoms with Gasteiger partial charge in [0.25, 0.3) is 0 Å². The number of likely N-dealkylation sites (tertiary alicyclic amines) is 1. The van der Waals surface area contributed by atoms with Gasteiger partial charge in [0.2, 0.25) is 0 Å². The number of hydrogen-bond donors (Lipinski definition) is 1. The second-order valence-electron chi connectivity index (χ2n) is 6.27. The molecule has 1 aliphatic rings. The molecule has 2 nitrogen and oxygen atoms in total. The maximum atomic E-state index is 3.48. The van der Waals surface area contributed by atoms with E-state index in [9.17, 15) is 0 Å². The van der Waals surface area contributed by atoms with Gasteiger partial charge in [-0.25, -0.2) is 0 Å². The van der Waals surface area contributed by atoms with Crippen molar-refractivity contribution in [3.63, 3.8) is 0 Å². The molecule has 1 aliphatic heterocycles. The number of rotatable bonds is 7. The van der Waals surface area contributed by atoms with E-state index in [4.69, 9.17) is 0 Å². The van der Waals surface area contributed by atoms with Crippen LogP contribution in [0.5, 0.6) is 0 Å². The molecule has 0 radical (unpaired) electrons. The second-order valence-corrected chi connectivity index (χ2v) is 6.27. The zero-order valence-corrected chi connectivity index (χ0v) is 13.3. The summed E-state index contributed by atoms with van der Waals surface area (Å²) in [5, 5.41) is 3.48. The fraction of sp³-hybridized carbons (Fsp3) is 1.00. The largest absolute Gasteiger partial charge is 0.317 e. The van der Waals surface area contributed by atoms with Gasteiger partial charge in [-0.05, 0) is 57.3 Å². The number of nitrogens with zero attached hydrogens (tertiary/aromatic N) is 1. The third kappa shape index (κ3) is 3.96. The van der Waals surface area contributed by atoms with Crippen molar-refractivity contribution in [3.05, 3.63) is 0 Å². The van der Waals surface area contributed by atoms with Crippen molar-refractivity contribution in [2.45, 2.75) is 66.3 Å². The average molecular weight is 254 g/mol. The van der Waals surface area contributed by atoms with Crippen LogP contribution in [-0.2, 0) is 0 Å². The van der Waals surface area contributed by atoms with Gasteiger partial charge in [-0.15, -0.1) is 0 Å². The molecule has 108 valence electrons. The minimum absolute atomic E-state index is 0.654. The predicted molar refractivity (Wildman–Crippen MR) is 81.0 cm³/mol. The van der Waals surface area contributed by atoms with Crippen LogP contribution in [-0.4, -0.2) is 37.1 Å². The van der Waals surface area contributed by atoms with Crippen molar-refractivity contribution in [2.24, 2.45) is 11.3 Å². The predicted octanol–water partition coefficient (Wildman–Crippen LogP) is 3.52. The summed E-state index contributed by atoms with van der Waals surface area (Å²) in [7, 11) is 0. The SMILES string of the molecule is CCNCC(C)C(C)N1CCC(CC)(CC)CC1. The summed E-state index contributed by atoms with van der Waals surface area (Å²) in [6.45, 7) is 16.6. The fourth-order valence-electron chi connectivity index (χ4n) is 3.27. The number of piperidine rings is 1. The van der Waals surface area contributed by atoms with E-state index in [0.29, 0.717) is 5.41 Å². The van der Waals surface area contributed by atoms with Gasteiger partial charge in [-0.2, -0.15) is 0 Å². The lowest BCUT2D eigenvalue weighted by molar-refractivity contribution is 0.0544. The van der Waals surface area contributed by atoms with Crippen molar-refractivity contribution in [1.82, 2.24) is 10.2 Å². The molecule has 0 spiro atoms. The fourth-order valence-corrected chi connectivity index (χ4v) is 3.27. The van der Waals surface area contributed by atoms with E-state index in [-0.39, 0.29) is 0 Å². The van der Waals surface area contributed by atoms with Crippen LogP contribution in [0.3, 0.4) is 0 Å². The van der Waals surface area contributed by atoms with Gasteiger partial charge in [-0.3, -0.25) is 0 Å². The maximum absolute atomic E-state index is 3.48. The average Bonchev–Trinajstić information content (AvgIpc) is 2.44. The monoisotopic (exact) mass is 254 g/mol. The van der Waals surface area contributed by atoms with Crippen LogP contribution >= 0.6 is 0 Å². The Labute approximate surface area is 115 Å². The van der Waals surface area contributed by atoms with Gasteiger partial charge in [0, 0.05) is 6.04 Å². The number of hydrogen-bond acceptors (Lipinski definition) is 2. The molecule has 2 heteroatoms. The third-order valence-corrected chi connectivity index (χ3v) is 5.47. The molecule has 2 atom stereocenters. The molecule has 1 saturated heterocycles. The van der Waals surface area contributed by atoms with Crippen LogP contribution in [0.25, 0.3) is 0 Å². The Hall–Kier alpha value is -0.0800. The zero-order valence-electron chi connectivity index (χ0n) is 13.3. The van der Waals surface area contributed by atoms with Gasteiger partial charge >= 0.3 is 0 Å². The van der Waals surface area contributed by atoms with Crippen molar-refractivity contribution >= 4 is 0 Å². The van der Waals surface area contributed by atoms with E-state index in [1.54, 1.807) is 0 Å². The van der Waals surface area contributed by atoms with E-state index in [2.05, 4.69) is 44.8 Å². The van der Waals surface area contributed by atoms with E-state index in [0.717, 1.165) is 25.0 Å². The van der Waals surface area contributed by atoms with Crippen molar-refractivity contribution in [1.29, 1.82) is 0 Å². The molecule has 0 amide bonds. The summed E-state index contributed by atoms with van der Waals surface area (Å²) < 4.78 is 0. The molecule has 0 aromatic carbocycles. The highest BCUT2D eigenvalue weighted by atomic mass is 15.2. The molecular weight excluding hydrogens is 220 g/mol. The van der Waals surface area contributed by atoms with E-state index in [1.165, 1.54) is 38.8 Å². The van der Waals surface area contributed by atoms with Gasteiger partial charge < -0.3 is 10.2 Å². The summed E-state index contributed by atoms with van der Waals surface area (Å²) >= 11 is 0. The first-order valence-electron chi connectivity index (χ1n) is 8.03. The Balaban J connectivity index is 2.42. The normalized spacial score (nSPS) is 23.8. The zero-order chi connectivity index (χ0) is 13.6. The maximum Gasteiger partial charge on any atom is 0.0105 e. The van der Waals surface area contributed by atoms with E-state index >= 15 is 0 Å². The third-order valence-electron chi connectivity index (χ3n) is 5.47. The highest BCUT2D eigenvalue weighted by molar-refractivity contribution is 4.87. The van der Waals surface area contributed by atoms with Crippen molar-refractivity contribution in [3.8, 4) is 0 Å². The van der Waals surface area contributed by atoms with E-state index in [1.807, 2.05) is 0 Å². The first kappa shape index (κ1) is 16.0. The molecule has 1 heterocycles. The molecule has 0 saturated carbocycles. The molecule has 0 aliphatic carbocycles. The molecule has 0 aromatic rings. The van der Waals surface area contributed by atoms with Crippen LogP contribution in [0.15, 0.2) is 0 Å². The minimum Gasteiger partial charge on any atom is -0.317 e. The molecular formula is C16H34N2. The van der Waals surface area contributed by atoms with Crippen LogP contribution < -0.4 is 5.32 Å². The molecule has 2 unspecified atom stereocenters. The van der Waals surface area contributed by atoms with Gasteiger partial charge in [0.15, 0.2) is 0 Å². The van der Waals surface area contributed by atoms with Gasteiger partial charge in [-0.1, -0.05) is 40.5 Å². The van der Waals surface area contributed by atoms with Gasteiger partial charge in [0.05, 0.1) is 0 Å². The Morgan fingerprint density at radius 1 is 1.06 bits per heavy atom. The van der Waals surface area contributed by atoms with E-state index < -0.39 is 0 Å². The first-order chi connectivity index (χ1) is 8.58. The standard InChI is InChI=1S/C16H34N2/c1-6-16(7-2)9-11-18(12-10-16)15(5)14(4)13-17-8-3/h14-15,17H,6-13H2,1-5H3. The molecule has 0 aromatic heterocycles. The molecule has 1 fully saturated rings. The summed E-state index contributed by atoms with van der Waals surface area (Å²) in [6.07, 6.45) is 5.52. The van der Waals surface area contributed by atoms with Crippen molar-refractivity contribution < 1.29 is 0 Å². The lowest BCUT2D eigenvalue weighted by Gasteiger charge is -2.44. The lowest BCUT2D eigenvalue weighted by atomic mass is 9.74. The Kier molecular flexibility index (Phi) is 6.65.